The van der Waals surface area contributed by atoms with Crippen LogP contribution in [-0.4, -0.2) is 108 Å². The minimum Gasteiger partial charge on any atom is -0.388 e. The van der Waals surface area contributed by atoms with E-state index >= 15 is 0 Å². The number of nitrogens with one attached hydrogen (secondary N) is 1. The molecule has 190 valence electrons. The molecule has 2 amide bonds. The summed E-state index contributed by atoms with van der Waals surface area (Å²) in [6, 6.07) is 5.06. The first kappa shape index (κ1) is 26.5. The van der Waals surface area contributed by atoms with Crippen molar-refractivity contribution < 1.29 is 34.0 Å². The zero-order valence-corrected chi connectivity index (χ0v) is 19.4. The second-order valence-corrected chi connectivity index (χ2v) is 9.03. The topological polar surface area (TPSA) is 123 Å². The van der Waals surface area contributed by atoms with Crippen LogP contribution in [0.2, 0.25) is 0 Å². The number of carbonyl (C=O) groups excluding carboxylic acids is 2. The molecule has 0 aliphatic carbocycles. The number of hydrogen-bond donors (Lipinski definition) is 4. The summed E-state index contributed by atoms with van der Waals surface area (Å²) in [7, 11) is 0. The van der Waals surface area contributed by atoms with Crippen LogP contribution < -0.4 is 5.32 Å². The molecule has 9 nitrogen and oxygen atoms in total. The molecule has 0 unspecified atom stereocenters. The van der Waals surface area contributed by atoms with E-state index in [-0.39, 0.29) is 43.6 Å². The summed E-state index contributed by atoms with van der Waals surface area (Å²) < 4.78 is 18.8. The Bertz CT molecular complexity index is 789. The summed E-state index contributed by atoms with van der Waals surface area (Å²) in [6.07, 6.45) is -1.16. The molecule has 2 fully saturated rings. The Morgan fingerprint density at radius 2 is 1.71 bits per heavy atom. The fraction of sp³-hybridized carbons (Fsp3) is 0.667. The molecule has 0 bridgehead atoms. The summed E-state index contributed by atoms with van der Waals surface area (Å²) >= 11 is 0. The molecule has 0 saturated carbocycles. The highest BCUT2D eigenvalue weighted by Crippen LogP contribution is 2.16. The molecule has 0 radical (unpaired) electrons. The Labute approximate surface area is 199 Å². The molecule has 2 heterocycles. The van der Waals surface area contributed by atoms with Crippen LogP contribution in [0, 0.1) is 11.7 Å². The van der Waals surface area contributed by atoms with Crippen molar-refractivity contribution in [1.82, 2.24) is 15.1 Å². The predicted octanol–water partition coefficient (Wildman–Crippen LogP) is -0.0108. The average molecular weight is 482 g/mol. The number of ether oxygens (including phenoxy) is 1. The maximum absolute atomic E-state index is 13.4. The van der Waals surface area contributed by atoms with Crippen LogP contribution in [0.3, 0.4) is 0 Å². The molecular weight excluding hydrogens is 445 g/mol. The third-order valence-electron chi connectivity index (χ3n) is 6.43. The largest absolute Gasteiger partial charge is 0.388 e. The minimum atomic E-state index is -1.52. The Morgan fingerprint density at radius 1 is 0.971 bits per heavy atom. The SMILES string of the molecule is O=C(c1ccc(F)cc1)N1CCN(C(=O)[C@H]2CCCNC2)CCCCOC[C@@H](O)[C@H](O)[C@@H](O)C1. The van der Waals surface area contributed by atoms with Gasteiger partial charge in [0.2, 0.25) is 5.91 Å². The monoisotopic (exact) mass is 481 g/mol. The lowest BCUT2D eigenvalue weighted by atomic mass is 9.98. The number of piperidine rings is 1. The summed E-state index contributed by atoms with van der Waals surface area (Å²) in [5, 5.41) is 34.3. The number of hydrogen-bond acceptors (Lipinski definition) is 7. The first-order valence-corrected chi connectivity index (χ1v) is 12.0. The standard InChI is InChI=1S/C24H36FN3O6/c25-19-7-5-17(6-8-19)23(32)28-12-11-27(24(33)18-4-3-9-26-14-18)10-1-2-13-34-16-21(30)22(31)20(29)15-28/h5-8,18,20-22,26,29-31H,1-4,9-16H2/t18-,20-,21+,22+/m0/s1. The third-order valence-corrected chi connectivity index (χ3v) is 6.43. The van der Waals surface area contributed by atoms with E-state index in [0.29, 0.717) is 32.5 Å². The summed E-state index contributed by atoms with van der Waals surface area (Å²) in [6.45, 7) is 2.36. The third kappa shape index (κ3) is 7.44. The van der Waals surface area contributed by atoms with Crippen LogP contribution >= 0.6 is 0 Å². The van der Waals surface area contributed by atoms with Crippen LogP contribution in [0.5, 0.6) is 0 Å². The molecule has 2 aliphatic heterocycles. The number of halogens is 1. The molecule has 1 aromatic rings. The molecule has 0 aromatic heterocycles. The zero-order valence-electron chi connectivity index (χ0n) is 19.4. The summed E-state index contributed by atoms with van der Waals surface area (Å²) in [5.74, 6) is -1.03. The molecular formula is C24H36FN3O6. The Balaban J connectivity index is 1.79. The number of amides is 2. The quantitative estimate of drug-likeness (QED) is 0.469. The van der Waals surface area contributed by atoms with Gasteiger partial charge in [-0.25, -0.2) is 4.39 Å². The smallest absolute Gasteiger partial charge is 0.254 e. The highest BCUT2D eigenvalue weighted by atomic mass is 19.1. The lowest BCUT2D eigenvalue weighted by molar-refractivity contribution is -0.136. The van der Waals surface area contributed by atoms with Crippen LogP contribution in [0.1, 0.15) is 36.0 Å². The first-order valence-electron chi connectivity index (χ1n) is 12.0. The lowest BCUT2D eigenvalue weighted by Gasteiger charge is -2.34. The van der Waals surface area contributed by atoms with Gasteiger partial charge < -0.3 is 35.2 Å². The lowest BCUT2D eigenvalue weighted by Crippen LogP contribution is -2.51. The van der Waals surface area contributed by atoms with Gasteiger partial charge >= 0.3 is 0 Å². The Morgan fingerprint density at radius 3 is 2.41 bits per heavy atom. The van der Waals surface area contributed by atoms with E-state index in [0.717, 1.165) is 19.4 Å². The Kier molecular flexibility index (Phi) is 10.2. The highest BCUT2D eigenvalue weighted by molar-refractivity contribution is 5.94. The van der Waals surface area contributed by atoms with Gasteiger partial charge in [-0.3, -0.25) is 9.59 Å². The van der Waals surface area contributed by atoms with E-state index in [4.69, 9.17) is 4.74 Å². The fourth-order valence-electron chi connectivity index (χ4n) is 4.34. The van der Waals surface area contributed by atoms with E-state index in [9.17, 15) is 29.3 Å². The normalized spacial score (nSPS) is 28.2. The van der Waals surface area contributed by atoms with Gasteiger partial charge in [-0.15, -0.1) is 0 Å². The van der Waals surface area contributed by atoms with Gasteiger partial charge in [0.15, 0.2) is 0 Å². The molecule has 2 saturated heterocycles. The van der Waals surface area contributed by atoms with E-state index in [2.05, 4.69) is 5.32 Å². The number of aliphatic hydroxyl groups excluding tert-OH is 3. The second kappa shape index (κ2) is 13.1. The van der Waals surface area contributed by atoms with Crippen molar-refractivity contribution >= 4 is 11.8 Å². The number of rotatable bonds is 2. The van der Waals surface area contributed by atoms with Crippen molar-refractivity contribution in [3.63, 3.8) is 0 Å². The molecule has 34 heavy (non-hydrogen) atoms. The number of carbonyl (C=O) groups is 2. The molecule has 1 aromatic carbocycles. The number of β-amino-alcohol motifs (C(OH)–C–C–N with tert-alkyl or cyclic N) is 1. The maximum Gasteiger partial charge on any atom is 0.254 e. The molecule has 10 heteroatoms. The van der Waals surface area contributed by atoms with Crippen molar-refractivity contribution in [2.75, 3.05) is 52.5 Å². The van der Waals surface area contributed by atoms with Crippen LogP contribution in [-0.2, 0) is 9.53 Å². The van der Waals surface area contributed by atoms with E-state index in [1.165, 1.54) is 29.2 Å². The second-order valence-electron chi connectivity index (χ2n) is 9.03. The van der Waals surface area contributed by atoms with Crippen LogP contribution in [0.15, 0.2) is 24.3 Å². The van der Waals surface area contributed by atoms with Crippen molar-refractivity contribution in [3.8, 4) is 0 Å². The number of benzene rings is 1. The van der Waals surface area contributed by atoms with Crippen molar-refractivity contribution in [3.05, 3.63) is 35.6 Å². The molecule has 3 rings (SSSR count). The number of nitrogens with zero attached hydrogens (tertiary/aromatic N) is 2. The van der Waals surface area contributed by atoms with Gasteiger partial charge in [0.05, 0.1) is 12.5 Å². The molecule has 4 N–H and O–H groups in total. The van der Waals surface area contributed by atoms with E-state index in [1.807, 2.05) is 0 Å². The summed E-state index contributed by atoms with van der Waals surface area (Å²) in [4.78, 5) is 29.5. The van der Waals surface area contributed by atoms with Crippen molar-refractivity contribution in [2.24, 2.45) is 5.92 Å². The zero-order chi connectivity index (χ0) is 24.5. The number of aliphatic hydroxyl groups is 3. The summed E-state index contributed by atoms with van der Waals surface area (Å²) in [5.41, 5.74) is 0.224. The highest BCUT2D eigenvalue weighted by Gasteiger charge is 2.31. The van der Waals surface area contributed by atoms with Gasteiger partial charge in [0.1, 0.15) is 24.1 Å². The first-order chi connectivity index (χ1) is 16.4. The Hall–Kier alpha value is -2.11. The van der Waals surface area contributed by atoms with Gasteiger partial charge in [0.25, 0.3) is 5.91 Å². The fourth-order valence-corrected chi connectivity index (χ4v) is 4.34. The molecule has 4 atom stereocenters. The van der Waals surface area contributed by atoms with Gasteiger partial charge in [-0.2, -0.15) is 0 Å². The van der Waals surface area contributed by atoms with Gasteiger partial charge in [-0.05, 0) is 56.5 Å². The van der Waals surface area contributed by atoms with Crippen molar-refractivity contribution in [1.29, 1.82) is 0 Å². The molecule has 0 spiro atoms. The maximum atomic E-state index is 13.4. The predicted molar refractivity (Wildman–Crippen MR) is 123 cm³/mol. The van der Waals surface area contributed by atoms with E-state index in [1.54, 1.807) is 4.90 Å². The molecule has 2 aliphatic rings. The van der Waals surface area contributed by atoms with Gasteiger partial charge in [-0.1, -0.05) is 0 Å². The van der Waals surface area contributed by atoms with Gasteiger partial charge in [0, 0.05) is 44.9 Å². The van der Waals surface area contributed by atoms with Crippen molar-refractivity contribution in [2.45, 2.75) is 44.0 Å². The van der Waals surface area contributed by atoms with Crippen LogP contribution in [0.25, 0.3) is 0 Å². The van der Waals surface area contributed by atoms with Crippen LogP contribution in [0.4, 0.5) is 4.39 Å². The van der Waals surface area contributed by atoms with E-state index < -0.39 is 30.0 Å². The average Bonchev–Trinajstić information content (AvgIpc) is 2.85. The minimum absolute atomic E-state index is 0.0328.